The summed E-state index contributed by atoms with van der Waals surface area (Å²) in [7, 11) is -2.45. The van der Waals surface area contributed by atoms with E-state index in [9.17, 15) is 0 Å². The third kappa shape index (κ3) is 7.98. The molecular formula is C31H44OSi. The van der Waals surface area contributed by atoms with Crippen LogP contribution < -0.4 is 10.4 Å². The molecule has 0 fully saturated rings. The van der Waals surface area contributed by atoms with Gasteiger partial charge in [0.05, 0.1) is 6.61 Å². The van der Waals surface area contributed by atoms with Crippen LogP contribution in [0.1, 0.15) is 73.6 Å². The number of hydrogen-bond donors (Lipinski definition) is 0. The zero-order valence-electron chi connectivity index (χ0n) is 21.8. The Kier molecular flexibility index (Phi) is 10.6. The molecule has 0 spiro atoms. The molecule has 0 saturated carbocycles. The van der Waals surface area contributed by atoms with E-state index in [1.807, 2.05) is 0 Å². The van der Waals surface area contributed by atoms with Crippen molar-refractivity contribution in [3.05, 3.63) is 96.1 Å². The summed E-state index contributed by atoms with van der Waals surface area (Å²) in [5, 5.41) is 2.69. The molecule has 0 heterocycles. The minimum atomic E-state index is -2.45. The van der Waals surface area contributed by atoms with Crippen molar-refractivity contribution in [3.63, 3.8) is 0 Å². The van der Waals surface area contributed by atoms with Gasteiger partial charge in [-0.2, -0.15) is 0 Å². The maximum Gasteiger partial charge on any atom is 0.261 e. The van der Waals surface area contributed by atoms with Crippen LogP contribution in [0.4, 0.5) is 0 Å². The van der Waals surface area contributed by atoms with Gasteiger partial charge >= 0.3 is 0 Å². The van der Waals surface area contributed by atoms with E-state index in [0.29, 0.717) is 6.61 Å². The van der Waals surface area contributed by atoms with Crippen LogP contribution >= 0.6 is 0 Å². The fourth-order valence-corrected chi connectivity index (χ4v) is 8.98. The minimum absolute atomic E-state index is 0.0150. The van der Waals surface area contributed by atoms with Crippen LogP contribution in [0.5, 0.6) is 0 Å². The Morgan fingerprint density at radius 2 is 1.30 bits per heavy atom. The molecule has 2 rings (SSSR count). The second kappa shape index (κ2) is 12.9. The molecule has 0 N–H and O–H groups in total. The Bertz CT molecular complexity index is 877. The minimum Gasteiger partial charge on any atom is -0.404 e. The monoisotopic (exact) mass is 460 g/mol. The summed E-state index contributed by atoms with van der Waals surface area (Å²) in [6.07, 6.45) is 10.4. The number of benzene rings is 2. The summed E-state index contributed by atoms with van der Waals surface area (Å²) in [6, 6.07) is 21.8. The standard InChI is InChI=1S/C31H44OSi/c1-26(2)16-14-17-27(3)18-15-19-28(4)24-25-32-33(31(5,6)7,29-20-10-8-11-21-29)30-22-12-9-13-23-30/h8-13,18,20-24H,1,14-17,19,25H2,2-7H3/b27-18+,28-24+. The van der Waals surface area contributed by atoms with Gasteiger partial charge in [-0.1, -0.05) is 110 Å². The Balaban J connectivity index is 2.12. The summed E-state index contributed by atoms with van der Waals surface area (Å²) in [5.74, 6) is 0. The Morgan fingerprint density at radius 3 is 1.79 bits per heavy atom. The Labute approximate surface area is 204 Å². The SMILES string of the molecule is C=C(C)CCC/C(C)=C/CC/C(C)=C/CO[Si](c1ccccc1)(c1ccccc1)C(C)(C)C. The summed E-state index contributed by atoms with van der Waals surface area (Å²) in [4.78, 5) is 0. The molecule has 2 heteroatoms. The topological polar surface area (TPSA) is 9.23 Å². The molecule has 178 valence electrons. The van der Waals surface area contributed by atoms with Crippen molar-refractivity contribution in [2.24, 2.45) is 0 Å². The molecule has 0 amide bonds. The molecule has 0 saturated heterocycles. The van der Waals surface area contributed by atoms with Crippen molar-refractivity contribution < 1.29 is 4.43 Å². The van der Waals surface area contributed by atoms with Gasteiger partial charge in [-0.3, -0.25) is 0 Å². The highest BCUT2D eigenvalue weighted by Gasteiger charge is 2.49. The highest BCUT2D eigenvalue weighted by Crippen LogP contribution is 2.36. The molecule has 0 atom stereocenters. The molecule has 0 unspecified atom stereocenters. The van der Waals surface area contributed by atoms with Crippen molar-refractivity contribution in [1.82, 2.24) is 0 Å². The molecule has 2 aromatic carbocycles. The summed E-state index contributed by atoms with van der Waals surface area (Å²) in [6.45, 7) is 18.2. The van der Waals surface area contributed by atoms with Gasteiger partial charge in [-0.25, -0.2) is 0 Å². The number of allylic oxidation sites excluding steroid dienone is 4. The van der Waals surface area contributed by atoms with E-state index in [2.05, 4.69) is 121 Å². The van der Waals surface area contributed by atoms with Gasteiger partial charge in [-0.15, -0.1) is 6.58 Å². The van der Waals surface area contributed by atoms with Gasteiger partial charge in [0.25, 0.3) is 8.32 Å². The van der Waals surface area contributed by atoms with Gasteiger partial charge < -0.3 is 4.43 Å². The average molecular weight is 461 g/mol. The number of rotatable bonds is 12. The van der Waals surface area contributed by atoms with Crippen LogP contribution in [0.3, 0.4) is 0 Å². The third-order valence-electron chi connectivity index (χ3n) is 6.35. The molecule has 0 bridgehead atoms. The first-order chi connectivity index (χ1) is 15.7. The predicted molar refractivity (Wildman–Crippen MR) is 149 cm³/mol. The molecule has 0 aliphatic heterocycles. The van der Waals surface area contributed by atoms with Gasteiger partial charge in [-0.05, 0) is 68.3 Å². The van der Waals surface area contributed by atoms with Crippen LogP contribution in [-0.2, 0) is 4.43 Å². The summed E-state index contributed by atoms with van der Waals surface area (Å²) < 4.78 is 6.98. The second-order valence-corrected chi connectivity index (χ2v) is 14.7. The van der Waals surface area contributed by atoms with Crippen molar-refractivity contribution >= 4 is 18.7 Å². The average Bonchev–Trinajstić information content (AvgIpc) is 2.77. The van der Waals surface area contributed by atoms with E-state index in [-0.39, 0.29) is 5.04 Å². The first kappa shape index (κ1) is 27.1. The van der Waals surface area contributed by atoms with Crippen molar-refractivity contribution in [2.75, 3.05) is 6.61 Å². The van der Waals surface area contributed by atoms with Crippen molar-refractivity contribution in [3.8, 4) is 0 Å². The van der Waals surface area contributed by atoms with Crippen LogP contribution in [0.2, 0.25) is 5.04 Å². The lowest BCUT2D eigenvalue weighted by molar-refractivity contribution is 0.338. The smallest absolute Gasteiger partial charge is 0.261 e. The lowest BCUT2D eigenvalue weighted by atomic mass is 10.0. The van der Waals surface area contributed by atoms with E-state index >= 15 is 0 Å². The van der Waals surface area contributed by atoms with Crippen LogP contribution in [0.25, 0.3) is 0 Å². The molecule has 0 aliphatic rings. The number of hydrogen-bond acceptors (Lipinski definition) is 1. The second-order valence-electron chi connectivity index (χ2n) is 10.4. The molecule has 1 nitrogen and oxygen atoms in total. The van der Waals surface area contributed by atoms with E-state index in [0.717, 1.165) is 19.3 Å². The molecular weight excluding hydrogens is 416 g/mol. The molecule has 0 aliphatic carbocycles. The van der Waals surface area contributed by atoms with Crippen LogP contribution in [-0.4, -0.2) is 14.9 Å². The zero-order valence-corrected chi connectivity index (χ0v) is 22.8. The van der Waals surface area contributed by atoms with E-state index in [4.69, 9.17) is 4.43 Å². The maximum absolute atomic E-state index is 6.98. The first-order valence-corrected chi connectivity index (χ1v) is 14.3. The maximum atomic E-state index is 6.98. The highest BCUT2D eigenvalue weighted by atomic mass is 28.4. The summed E-state index contributed by atoms with van der Waals surface area (Å²) >= 11 is 0. The van der Waals surface area contributed by atoms with Gasteiger partial charge in [0.15, 0.2) is 0 Å². The van der Waals surface area contributed by atoms with E-state index in [1.54, 1.807) is 0 Å². The Hall–Kier alpha value is -2.16. The van der Waals surface area contributed by atoms with Gasteiger partial charge in [0.1, 0.15) is 0 Å². The zero-order chi connectivity index (χ0) is 24.3. The van der Waals surface area contributed by atoms with E-state index < -0.39 is 8.32 Å². The van der Waals surface area contributed by atoms with Gasteiger partial charge in [0.2, 0.25) is 0 Å². The highest BCUT2D eigenvalue weighted by molar-refractivity contribution is 6.99. The molecule has 0 aromatic heterocycles. The lowest BCUT2D eigenvalue weighted by Crippen LogP contribution is -2.66. The van der Waals surface area contributed by atoms with E-state index in [1.165, 1.54) is 39.9 Å². The third-order valence-corrected chi connectivity index (χ3v) is 11.4. The van der Waals surface area contributed by atoms with Gasteiger partial charge in [0, 0.05) is 0 Å². The molecule has 33 heavy (non-hydrogen) atoms. The largest absolute Gasteiger partial charge is 0.404 e. The predicted octanol–water partition coefficient (Wildman–Crippen LogP) is 7.98. The fraction of sp³-hybridized carbons (Fsp3) is 0.419. The molecule has 0 radical (unpaired) electrons. The normalized spacial score (nSPS) is 13.3. The van der Waals surface area contributed by atoms with Crippen molar-refractivity contribution in [2.45, 2.75) is 78.7 Å². The Morgan fingerprint density at radius 1 is 0.788 bits per heavy atom. The van der Waals surface area contributed by atoms with Crippen LogP contribution in [0, 0.1) is 0 Å². The quantitative estimate of drug-likeness (QED) is 0.230. The van der Waals surface area contributed by atoms with Crippen LogP contribution in [0.15, 0.2) is 96.1 Å². The lowest BCUT2D eigenvalue weighted by Gasteiger charge is -2.42. The fourth-order valence-electron chi connectivity index (χ4n) is 4.49. The van der Waals surface area contributed by atoms with Crippen molar-refractivity contribution in [1.29, 1.82) is 0 Å². The molecule has 2 aromatic rings. The first-order valence-electron chi connectivity index (χ1n) is 12.4. The summed E-state index contributed by atoms with van der Waals surface area (Å²) in [5.41, 5.74) is 4.17.